The van der Waals surface area contributed by atoms with Gasteiger partial charge in [0.2, 0.25) is 0 Å². The van der Waals surface area contributed by atoms with Crippen LogP contribution >= 0.6 is 23.2 Å². The topological polar surface area (TPSA) is 74.6 Å². The Morgan fingerprint density at radius 3 is 2.28 bits per heavy atom. The van der Waals surface area contributed by atoms with Crippen LogP contribution in [0.4, 0.5) is 0 Å². The fourth-order valence-corrected chi connectivity index (χ4v) is 1.78. The molecular formula is C12H12Cl2O4. The Hall–Kier alpha value is -1.10. The highest BCUT2D eigenvalue weighted by Gasteiger charge is 2.20. The van der Waals surface area contributed by atoms with Crippen LogP contribution in [0.25, 0.3) is 0 Å². The summed E-state index contributed by atoms with van der Waals surface area (Å²) in [4.78, 5) is 21.9. The lowest BCUT2D eigenvalue weighted by Gasteiger charge is -2.13. The molecule has 0 saturated heterocycles. The molecule has 0 aromatic heterocycles. The number of benzene rings is 1. The highest BCUT2D eigenvalue weighted by Crippen LogP contribution is 2.27. The summed E-state index contributed by atoms with van der Waals surface area (Å²) in [6.07, 6.45) is -1.66. The number of aliphatic hydroxyl groups excluding tert-OH is 1. The lowest BCUT2D eigenvalue weighted by atomic mass is 9.99. The van der Waals surface area contributed by atoms with Crippen molar-refractivity contribution < 1.29 is 19.8 Å². The summed E-state index contributed by atoms with van der Waals surface area (Å²) in [5, 5.41) is 17.4. The van der Waals surface area contributed by atoms with Gasteiger partial charge in [-0.25, -0.2) is 4.79 Å². The lowest BCUT2D eigenvalue weighted by Crippen LogP contribution is -2.12. The normalized spacial score (nSPS) is 14.0. The van der Waals surface area contributed by atoms with Gasteiger partial charge in [-0.05, 0) is 23.6 Å². The Morgan fingerprint density at radius 2 is 1.83 bits per heavy atom. The Bertz CT molecular complexity index is 435. The second kappa shape index (κ2) is 6.18. The molecule has 0 aliphatic rings. The van der Waals surface area contributed by atoms with Crippen LogP contribution in [0, 0.1) is 0 Å². The molecule has 4 nitrogen and oxygen atoms in total. The van der Waals surface area contributed by atoms with E-state index in [-0.39, 0.29) is 17.2 Å². The number of carbonyl (C=O) groups excluding carboxylic acids is 1. The van der Waals surface area contributed by atoms with Crippen molar-refractivity contribution in [1.82, 2.24) is 0 Å². The third kappa shape index (κ3) is 3.45. The molecular weight excluding hydrogens is 279 g/mol. The van der Waals surface area contributed by atoms with Gasteiger partial charge in [0.25, 0.3) is 0 Å². The molecule has 0 saturated carbocycles. The predicted octanol–water partition coefficient (Wildman–Crippen LogP) is 2.41. The number of ketones is 1. The van der Waals surface area contributed by atoms with Gasteiger partial charge >= 0.3 is 5.97 Å². The maximum Gasteiger partial charge on any atom is 0.337 e. The van der Waals surface area contributed by atoms with E-state index in [0.717, 1.165) is 0 Å². The molecule has 0 spiro atoms. The number of hydrogen-bond acceptors (Lipinski definition) is 3. The van der Waals surface area contributed by atoms with Crippen molar-refractivity contribution in [2.75, 3.05) is 0 Å². The zero-order chi connectivity index (χ0) is 13.9. The van der Waals surface area contributed by atoms with Crippen molar-refractivity contribution in [3.05, 3.63) is 34.9 Å². The number of carboxylic acid groups (broad SMARTS) is 1. The van der Waals surface area contributed by atoms with Gasteiger partial charge in [-0.1, -0.05) is 18.2 Å². The van der Waals surface area contributed by atoms with Gasteiger partial charge in [-0.3, -0.25) is 4.79 Å². The van der Waals surface area contributed by atoms with Gasteiger partial charge in [-0.2, -0.15) is 0 Å². The minimum atomic E-state index is -1.66. The third-order valence-electron chi connectivity index (χ3n) is 2.39. The van der Waals surface area contributed by atoms with E-state index in [0.29, 0.717) is 11.1 Å². The van der Waals surface area contributed by atoms with Gasteiger partial charge < -0.3 is 10.2 Å². The Kier molecular flexibility index (Phi) is 5.14. The minimum absolute atomic E-state index is 0.134. The molecule has 0 amide bonds. The predicted molar refractivity (Wildman–Crippen MR) is 67.9 cm³/mol. The number of carboxylic acids is 1. The molecule has 0 aliphatic heterocycles. The fourth-order valence-electron chi connectivity index (χ4n) is 1.50. The van der Waals surface area contributed by atoms with E-state index in [2.05, 4.69) is 0 Å². The van der Waals surface area contributed by atoms with E-state index in [1.807, 2.05) is 0 Å². The van der Waals surface area contributed by atoms with Gasteiger partial charge in [0, 0.05) is 5.88 Å². The first kappa shape index (κ1) is 15.0. The van der Waals surface area contributed by atoms with Crippen molar-refractivity contribution in [3.63, 3.8) is 0 Å². The molecule has 0 bridgehead atoms. The molecule has 1 aromatic carbocycles. The molecule has 2 unspecified atom stereocenters. The average molecular weight is 291 g/mol. The summed E-state index contributed by atoms with van der Waals surface area (Å²) in [6, 6.07) is 4.48. The van der Waals surface area contributed by atoms with Crippen molar-refractivity contribution >= 4 is 35.0 Å². The number of alkyl halides is 2. The summed E-state index contributed by atoms with van der Waals surface area (Å²) in [5.74, 6) is -1.50. The van der Waals surface area contributed by atoms with Crippen LogP contribution in [0.5, 0.6) is 0 Å². The van der Waals surface area contributed by atoms with E-state index >= 15 is 0 Å². The van der Waals surface area contributed by atoms with E-state index in [1.165, 1.54) is 19.1 Å². The summed E-state index contributed by atoms with van der Waals surface area (Å²) in [5.41, 5.74) is 1.18. The summed E-state index contributed by atoms with van der Waals surface area (Å²) >= 11 is 11.6. The highest BCUT2D eigenvalue weighted by atomic mass is 35.5. The van der Waals surface area contributed by atoms with E-state index in [9.17, 15) is 14.7 Å². The first-order valence-corrected chi connectivity index (χ1v) is 6.09. The number of carbonyl (C=O) groups is 2. The largest absolute Gasteiger partial charge is 0.479 e. The van der Waals surface area contributed by atoms with Crippen molar-refractivity contribution in [3.8, 4) is 0 Å². The van der Waals surface area contributed by atoms with Crippen LogP contribution in [-0.2, 0) is 15.5 Å². The van der Waals surface area contributed by atoms with Gasteiger partial charge in [-0.15, -0.1) is 23.2 Å². The standard InChI is InChI=1S/C12H12Cl2O4/c1-6(15)10(14)8-2-7(5-13)3-9(4-8)11(16)12(17)18/h2-4,10-11,16H,5H2,1H3,(H,17,18). The highest BCUT2D eigenvalue weighted by molar-refractivity contribution is 6.30. The maximum absolute atomic E-state index is 11.2. The van der Waals surface area contributed by atoms with Crippen molar-refractivity contribution in [2.45, 2.75) is 24.3 Å². The molecule has 0 aliphatic carbocycles. The number of halogens is 2. The van der Waals surface area contributed by atoms with E-state index in [4.69, 9.17) is 28.3 Å². The quantitative estimate of drug-likeness (QED) is 0.817. The molecule has 2 N–H and O–H groups in total. The average Bonchev–Trinajstić information content (AvgIpc) is 2.35. The number of rotatable bonds is 5. The lowest BCUT2D eigenvalue weighted by molar-refractivity contribution is -0.146. The Balaban J connectivity index is 3.25. The Labute approximate surface area is 114 Å². The van der Waals surface area contributed by atoms with Crippen molar-refractivity contribution in [2.24, 2.45) is 0 Å². The minimum Gasteiger partial charge on any atom is -0.479 e. The monoisotopic (exact) mass is 290 g/mol. The van der Waals surface area contributed by atoms with Gasteiger partial charge in [0.05, 0.1) is 0 Å². The molecule has 98 valence electrons. The number of Topliss-reactive ketones (excluding diaryl/α,β-unsaturated/α-hetero) is 1. The molecule has 1 rings (SSSR count). The third-order valence-corrected chi connectivity index (χ3v) is 3.26. The smallest absolute Gasteiger partial charge is 0.337 e. The maximum atomic E-state index is 11.2. The zero-order valence-corrected chi connectivity index (χ0v) is 11.1. The fraction of sp³-hybridized carbons (Fsp3) is 0.333. The molecule has 2 atom stereocenters. The molecule has 0 radical (unpaired) electrons. The number of aliphatic hydroxyl groups is 1. The molecule has 0 fully saturated rings. The van der Waals surface area contributed by atoms with Crippen LogP contribution in [0.15, 0.2) is 18.2 Å². The summed E-state index contributed by atoms with van der Waals surface area (Å²) < 4.78 is 0. The number of aliphatic carboxylic acids is 1. The molecule has 1 aromatic rings. The van der Waals surface area contributed by atoms with Gasteiger partial charge in [0.15, 0.2) is 11.9 Å². The SMILES string of the molecule is CC(=O)C(Cl)c1cc(CCl)cc(C(O)C(=O)O)c1. The van der Waals surface area contributed by atoms with E-state index < -0.39 is 17.5 Å². The summed E-state index contributed by atoms with van der Waals surface area (Å²) in [6.45, 7) is 1.33. The van der Waals surface area contributed by atoms with Crippen LogP contribution < -0.4 is 0 Å². The van der Waals surface area contributed by atoms with Crippen molar-refractivity contribution in [1.29, 1.82) is 0 Å². The van der Waals surface area contributed by atoms with Crippen LogP contribution in [-0.4, -0.2) is 22.0 Å². The van der Waals surface area contributed by atoms with Crippen LogP contribution in [0.3, 0.4) is 0 Å². The summed E-state index contributed by atoms with van der Waals surface area (Å²) in [7, 11) is 0. The Morgan fingerprint density at radius 1 is 1.28 bits per heavy atom. The first-order valence-electron chi connectivity index (χ1n) is 5.12. The second-order valence-corrected chi connectivity index (χ2v) is 4.56. The van der Waals surface area contributed by atoms with Gasteiger partial charge in [0.1, 0.15) is 5.38 Å². The second-order valence-electron chi connectivity index (χ2n) is 3.86. The molecule has 0 heterocycles. The molecule has 6 heteroatoms. The van der Waals surface area contributed by atoms with E-state index in [1.54, 1.807) is 6.07 Å². The molecule has 18 heavy (non-hydrogen) atoms. The van der Waals surface area contributed by atoms with Crippen LogP contribution in [0.2, 0.25) is 0 Å². The zero-order valence-electron chi connectivity index (χ0n) is 9.56. The first-order chi connectivity index (χ1) is 8.36. The van der Waals surface area contributed by atoms with Crippen LogP contribution in [0.1, 0.15) is 35.1 Å². The number of hydrogen-bond donors (Lipinski definition) is 2.